The number of carbonyl (C=O) groups is 1. The number of carbonyl (C=O) groups excluding carboxylic acids is 1. The van der Waals surface area contributed by atoms with Crippen LogP contribution in [-0.4, -0.2) is 40.8 Å². The highest BCUT2D eigenvalue weighted by molar-refractivity contribution is 5.73. The van der Waals surface area contributed by atoms with Gasteiger partial charge < -0.3 is 9.64 Å². The van der Waals surface area contributed by atoms with Crippen molar-refractivity contribution in [2.45, 2.75) is 12.8 Å². The summed E-state index contributed by atoms with van der Waals surface area (Å²) in [5.74, 6) is 0.707. The van der Waals surface area contributed by atoms with Crippen molar-refractivity contribution >= 4 is 17.4 Å². The SMILES string of the molecule is COC(=O)C1CCCN(c2ccn3nccc3n2)C1. The van der Waals surface area contributed by atoms with Crippen LogP contribution in [0.4, 0.5) is 5.82 Å². The molecule has 2 aromatic heterocycles. The van der Waals surface area contributed by atoms with Crippen molar-refractivity contribution in [2.75, 3.05) is 25.1 Å². The van der Waals surface area contributed by atoms with Gasteiger partial charge in [0, 0.05) is 25.4 Å². The van der Waals surface area contributed by atoms with Crippen molar-refractivity contribution in [3.8, 4) is 0 Å². The Kier molecular flexibility index (Phi) is 3.06. The molecule has 2 aromatic rings. The zero-order valence-corrected chi connectivity index (χ0v) is 10.8. The highest BCUT2D eigenvalue weighted by Crippen LogP contribution is 2.22. The predicted octanol–water partition coefficient (Wildman–Crippen LogP) is 1.12. The van der Waals surface area contributed by atoms with Crippen LogP contribution in [0.15, 0.2) is 24.5 Å². The monoisotopic (exact) mass is 260 g/mol. The number of fused-ring (bicyclic) bond motifs is 1. The molecule has 0 saturated carbocycles. The summed E-state index contributed by atoms with van der Waals surface area (Å²) in [5, 5.41) is 4.12. The molecule has 1 atom stereocenters. The van der Waals surface area contributed by atoms with Crippen molar-refractivity contribution in [2.24, 2.45) is 5.92 Å². The number of methoxy groups -OCH3 is 1. The van der Waals surface area contributed by atoms with E-state index >= 15 is 0 Å². The highest BCUT2D eigenvalue weighted by atomic mass is 16.5. The van der Waals surface area contributed by atoms with Gasteiger partial charge >= 0.3 is 5.97 Å². The van der Waals surface area contributed by atoms with Gasteiger partial charge in [0.1, 0.15) is 5.82 Å². The number of ether oxygens (including phenoxy) is 1. The number of anilines is 1. The summed E-state index contributed by atoms with van der Waals surface area (Å²) < 4.78 is 6.56. The number of piperidine rings is 1. The molecule has 0 bridgehead atoms. The standard InChI is InChI=1S/C13H16N4O2/c1-19-13(18)10-3-2-7-16(9-10)11-5-8-17-12(15-11)4-6-14-17/h4-6,8,10H,2-3,7,9H2,1H3. The van der Waals surface area contributed by atoms with Gasteiger partial charge in [-0.1, -0.05) is 0 Å². The number of rotatable bonds is 2. The van der Waals surface area contributed by atoms with Crippen molar-refractivity contribution in [3.63, 3.8) is 0 Å². The van der Waals surface area contributed by atoms with Crippen LogP contribution >= 0.6 is 0 Å². The van der Waals surface area contributed by atoms with Gasteiger partial charge in [0.05, 0.1) is 19.2 Å². The second-order valence-corrected chi connectivity index (χ2v) is 4.73. The maximum atomic E-state index is 11.6. The maximum absolute atomic E-state index is 11.6. The Bertz CT molecular complexity index is 595. The molecular weight excluding hydrogens is 244 g/mol. The first-order valence-corrected chi connectivity index (χ1v) is 6.41. The highest BCUT2D eigenvalue weighted by Gasteiger charge is 2.27. The van der Waals surface area contributed by atoms with Gasteiger partial charge in [-0.15, -0.1) is 0 Å². The second-order valence-electron chi connectivity index (χ2n) is 4.73. The summed E-state index contributed by atoms with van der Waals surface area (Å²) in [6.07, 6.45) is 5.48. The van der Waals surface area contributed by atoms with Crippen LogP contribution in [0.25, 0.3) is 5.65 Å². The molecule has 0 aliphatic carbocycles. The fourth-order valence-corrected chi connectivity index (χ4v) is 2.52. The van der Waals surface area contributed by atoms with Crippen molar-refractivity contribution < 1.29 is 9.53 Å². The molecule has 1 fully saturated rings. The van der Waals surface area contributed by atoms with Gasteiger partial charge in [0.25, 0.3) is 0 Å². The van der Waals surface area contributed by atoms with E-state index in [1.165, 1.54) is 7.11 Å². The number of nitrogens with zero attached hydrogens (tertiary/aromatic N) is 4. The minimum Gasteiger partial charge on any atom is -0.469 e. The number of aromatic nitrogens is 3. The molecular formula is C13H16N4O2. The van der Waals surface area contributed by atoms with E-state index in [9.17, 15) is 4.79 Å². The minimum absolute atomic E-state index is 0.0540. The summed E-state index contributed by atoms with van der Waals surface area (Å²) in [4.78, 5) is 18.3. The molecule has 1 unspecified atom stereocenters. The molecule has 1 saturated heterocycles. The largest absolute Gasteiger partial charge is 0.469 e. The van der Waals surface area contributed by atoms with Crippen LogP contribution < -0.4 is 4.90 Å². The van der Waals surface area contributed by atoms with Crippen molar-refractivity contribution in [1.82, 2.24) is 14.6 Å². The van der Waals surface area contributed by atoms with E-state index in [-0.39, 0.29) is 11.9 Å². The Morgan fingerprint density at radius 2 is 2.37 bits per heavy atom. The molecule has 19 heavy (non-hydrogen) atoms. The van der Waals surface area contributed by atoms with Crippen molar-refractivity contribution in [1.29, 1.82) is 0 Å². The molecule has 0 radical (unpaired) electrons. The first-order valence-electron chi connectivity index (χ1n) is 6.41. The quantitative estimate of drug-likeness (QED) is 0.757. The average Bonchev–Trinajstić information content (AvgIpc) is 2.94. The van der Waals surface area contributed by atoms with Crippen LogP contribution in [0.5, 0.6) is 0 Å². The molecule has 3 rings (SSSR count). The first kappa shape index (κ1) is 12.0. The summed E-state index contributed by atoms with van der Waals surface area (Å²) in [6, 6.07) is 3.80. The third kappa shape index (κ3) is 2.25. The summed E-state index contributed by atoms with van der Waals surface area (Å²) in [5.41, 5.74) is 0.817. The van der Waals surface area contributed by atoms with Crippen LogP contribution in [0, 0.1) is 5.92 Å². The van der Waals surface area contributed by atoms with Crippen molar-refractivity contribution in [3.05, 3.63) is 24.5 Å². The Hall–Kier alpha value is -2.11. The normalized spacial score (nSPS) is 19.6. The predicted molar refractivity (Wildman–Crippen MR) is 69.9 cm³/mol. The molecule has 0 N–H and O–H groups in total. The van der Waals surface area contributed by atoms with Gasteiger partial charge in [-0.2, -0.15) is 5.10 Å². The summed E-state index contributed by atoms with van der Waals surface area (Å²) in [6.45, 7) is 1.59. The molecule has 100 valence electrons. The van der Waals surface area contributed by atoms with Crippen LogP contribution in [0.2, 0.25) is 0 Å². The van der Waals surface area contributed by atoms with Gasteiger partial charge in [0.15, 0.2) is 5.65 Å². The smallest absolute Gasteiger partial charge is 0.310 e. The fourth-order valence-electron chi connectivity index (χ4n) is 2.52. The average molecular weight is 260 g/mol. The molecule has 3 heterocycles. The van der Waals surface area contributed by atoms with E-state index in [1.54, 1.807) is 10.7 Å². The molecule has 0 spiro atoms. The Balaban J connectivity index is 1.82. The van der Waals surface area contributed by atoms with Gasteiger partial charge in [0.2, 0.25) is 0 Å². The van der Waals surface area contributed by atoms with E-state index in [4.69, 9.17) is 4.74 Å². The second kappa shape index (κ2) is 4.87. The van der Waals surface area contributed by atoms with E-state index in [0.29, 0.717) is 6.54 Å². The van der Waals surface area contributed by atoms with E-state index < -0.39 is 0 Å². The van der Waals surface area contributed by atoms with Crippen LogP contribution in [0.3, 0.4) is 0 Å². The Morgan fingerprint density at radius 3 is 3.21 bits per heavy atom. The minimum atomic E-state index is -0.130. The maximum Gasteiger partial charge on any atom is 0.310 e. The summed E-state index contributed by atoms with van der Waals surface area (Å²) in [7, 11) is 1.44. The molecule has 0 aromatic carbocycles. The number of esters is 1. The lowest BCUT2D eigenvalue weighted by molar-refractivity contribution is -0.145. The van der Waals surface area contributed by atoms with E-state index in [2.05, 4.69) is 15.0 Å². The van der Waals surface area contributed by atoms with Gasteiger partial charge in [-0.3, -0.25) is 4.79 Å². The fraction of sp³-hybridized carbons (Fsp3) is 0.462. The zero-order valence-electron chi connectivity index (χ0n) is 10.8. The molecule has 1 aliphatic rings. The number of hydrogen-bond donors (Lipinski definition) is 0. The lowest BCUT2D eigenvalue weighted by Gasteiger charge is -2.32. The summed E-state index contributed by atoms with van der Waals surface area (Å²) >= 11 is 0. The molecule has 6 nitrogen and oxygen atoms in total. The van der Waals surface area contributed by atoms with Gasteiger partial charge in [-0.25, -0.2) is 9.50 Å². The topological polar surface area (TPSA) is 59.7 Å². The van der Waals surface area contributed by atoms with E-state index in [1.807, 2.05) is 18.3 Å². The van der Waals surface area contributed by atoms with E-state index in [0.717, 1.165) is 30.9 Å². The Labute approximate surface area is 111 Å². The zero-order chi connectivity index (χ0) is 13.2. The third-order valence-corrected chi connectivity index (χ3v) is 3.52. The van der Waals surface area contributed by atoms with Crippen LogP contribution in [-0.2, 0) is 9.53 Å². The third-order valence-electron chi connectivity index (χ3n) is 3.52. The Morgan fingerprint density at radius 1 is 1.47 bits per heavy atom. The van der Waals surface area contributed by atoms with Gasteiger partial charge in [-0.05, 0) is 18.9 Å². The molecule has 6 heteroatoms. The van der Waals surface area contributed by atoms with Crippen LogP contribution in [0.1, 0.15) is 12.8 Å². The first-order chi connectivity index (χ1) is 9.28. The molecule has 1 aliphatic heterocycles. The molecule has 0 amide bonds. The lowest BCUT2D eigenvalue weighted by Crippen LogP contribution is -2.39. The lowest BCUT2D eigenvalue weighted by atomic mass is 9.98. The number of hydrogen-bond acceptors (Lipinski definition) is 5.